The molecule has 2 atom stereocenters. The molecule has 1 aliphatic rings. The number of carboxylic acids is 1. The van der Waals surface area contributed by atoms with Crippen LogP contribution in [0.3, 0.4) is 0 Å². The largest absolute Gasteiger partial charge is 0.490 e. The number of sulfonamides is 1. The maximum atomic E-state index is 14.2. The number of piperidine rings is 1. The Balaban J connectivity index is 0.000000509. The Bertz CT molecular complexity index is 1110. The van der Waals surface area contributed by atoms with Crippen molar-refractivity contribution < 1.29 is 45.0 Å². The molecule has 1 heterocycles. The van der Waals surface area contributed by atoms with E-state index < -0.39 is 39.9 Å². The van der Waals surface area contributed by atoms with Crippen LogP contribution in [0, 0.1) is 11.6 Å². The average molecular weight is 510 g/mol. The Labute approximate surface area is 193 Å². The van der Waals surface area contributed by atoms with Gasteiger partial charge in [0.05, 0.1) is 12.8 Å². The highest BCUT2D eigenvalue weighted by molar-refractivity contribution is 7.88. The fourth-order valence-corrected chi connectivity index (χ4v) is 4.23. The highest BCUT2D eigenvalue weighted by Crippen LogP contribution is 2.32. The van der Waals surface area contributed by atoms with Crippen molar-refractivity contribution in [2.24, 2.45) is 5.73 Å². The minimum atomic E-state index is -5.08. The Morgan fingerprint density at radius 3 is 2.29 bits per heavy atom. The van der Waals surface area contributed by atoms with Gasteiger partial charge in [-0.25, -0.2) is 22.0 Å². The molecule has 0 unspecified atom stereocenters. The first-order chi connectivity index (χ1) is 15.7. The predicted molar refractivity (Wildman–Crippen MR) is 113 cm³/mol. The van der Waals surface area contributed by atoms with E-state index in [1.807, 2.05) is 0 Å². The SMILES string of the molecule is CS(=O)(=O)N1C[C@@H](Oc2cc(CN)ccc2F)C[C@H](c2ccccc2F)C1.O=C(O)C(F)(F)F. The zero-order chi connectivity index (χ0) is 25.7. The van der Waals surface area contributed by atoms with Crippen molar-refractivity contribution in [2.75, 3.05) is 19.3 Å². The van der Waals surface area contributed by atoms with Crippen LogP contribution in [0.5, 0.6) is 5.75 Å². The van der Waals surface area contributed by atoms with E-state index in [-0.39, 0.29) is 31.3 Å². The quantitative estimate of drug-likeness (QED) is 0.598. The number of carboxylic acid groups (broad SMARTS) is 1. The molecule has 7 nitrogen and oxygen atoms in total. The molecule has 2 aromatic rings. The van der Waals surface area contributed by atoms with Crippen molar-refractivity contribution in [1.29, 1.82) is 0 Å². The Morgan fingerprint density at radius 2 is 1.76 bits per heavy atom. The third-order valence-electron chi connectivity index (χ3n) is 4.96. The molecule has 3 rings (SSSR count). The zero-order valence-electron chi connectivity index (χ0n) is 17.9. The number of hydrogen-bond donors (Lipinski definition) is 2. The summed E-state index contributed by atoms with van der Waals surface area (Å²) in [5.74, 6) is -4.07. The van der Waals surface area contributed by atoms with E-state index in [1.165, 1.54) is 22.5 Å². The number of hydrogen-bond acceptors (Lipinski definition) is 5. The average Bonchev–Trinajstić information content (AvgIpc) is 2.74. The number of alkyl halides is 3. The highest BCUT2D eigenvalue weighted by Gasteiger charge is 2.38. The Morgan fingerprint density at radius 1 is 1.15 bits per heavy atom. The van der Waals surface area contributed by atoms with Gasteiger partial charge in [-0.3, -0.25) is 0 Å². The molecule has 0 aliphatic carbocycles. The van der Waals surface area contributed by atoms with Crippen LogP contribution in [0.25, 0.3) is 0 Å². The first-order valence-corrected chi connectivity index (χ1v) is 11.7. The second-order valence-corrected chi connectivity index (χ2v) is 9.53. The third kappa shape index (κ3) is 7.64. The smallest absolute Gasteiger partial charge is 0.486 e. The van der Waals surface area contributed by atoms with Crippen LogP contribution in [0.15, 0.2) is 42.5 Å². The highest BCUT2D eigenvalue weighted by atomic mass is 32.2. The standard InChI is InChI=1S/C19H22F2N2O3S.C2HF3O2/c1-27(24,25)23-11-14(16-4-2-3-5-17(16)20)9-15(12-23)26-19-8-13(10-22)6-7-18(19)21;3-2(4,5)1(6)7/h2-8,14-15H,9-12,22H2,1H3;(H,6,7)/t14-,15-;/m0./s1. The summed E-state index contributed by atoms with van der Waals surface area (Å²) in [4.78, 5) is 8.90. The van der Waals surface area contributed by atoms with Gasteiger partial charge in [0, 0.05) is 19.0 Å². The van der Waals surface area contributed by atoms with Gasteiger partial charge in [-0.05, 0) is 35.7 Å². The summed E-state index contributed by atoms with van der Waals surface area (Å²) >= 11 is 0. The molecule has 1 fully saturated rings. The lowest BCUT2D eigenvalue weighted by Crippen LogP contribution is -2.47. The van der Waals surface area contributed by atoms with Crippen molar-refractivity contribution in [3.63, 3.8) is 0 Å². The van der Waals surface area contributed by atoms with Gasteiger partial charge in [0.25, 0.3) is 0 Å². The van der Waals surface area contributed by atoms with Crippen molar-refractivity contribution in [3.05, 3.63) is 65.2 Å². The van der Waals surface area contributed by atoms with E-state index in [4.69, 9.17) is 20.4 Å². The Hall–Kier alpha value is -2.77. The van der Waals surface area contributed by atoms with Crippen LogP contribution >= 0.6 is 0 Å². The monoisotopic (exact) mass is 510 g/mol. The molecule has 1 aliphatic heterocycles. The molecule has 3 N–H and O–H groups in total. The Kier molecular flexibility index (Phi) is 8.97. The number of ether oxygens (including phenoxy) is 1. The lowest BCUT2D eigenvalue weighted by molar-refractivity contribution is -0.192. The predicted octanol–water partition coefficient (Wildman–Crippen LogP) is 3.25. The summed E-state index contributed by atoms with van der Waals surface area (Å²) in [6, 6.07) is 10.6. The number of nitrogens with two attached hydrogens (primary N) is 1. The number of rotatable bonds is 5. The molecule has 0 aromatic heterocycles. The summed E-state index contributed by atoms with van der Waals surface area (Å²) in [5, 5.41) is 7.12. The van der Waals surface area contributed by atoms with Gasteiger partial charge in [-0.2, -0.15) is 17.5 Å². The molecule has 34 heavy (non-hydrogen) atoms. The van der Waals surface area contributed by atoms with Gasteiger partial charge in [-0.1, -0.05) is 24.3 Å². The molecule has 13 heteroatoms. The first kappa shape index (κ1) is 27.5. The molecule has 0 amide bonds. The maximum absolute atomic E-state index is 14.2. The summed E-state index contributed by atoms with van der Waals surface area (Å²) in [6.07, 6.45) is -4.22. The lowest BCUT2D eigenvalue weighted by Gasteiger charge is -2.36. The summed E-state index contributed by atoms with van der Waals surface area (Å²) in [7, 11) is -3.51. The minimum Gasteiger partial charge on any atom is -0.486 e. The second kappa shape index (κ2) is 11.1. The normalized spacial score (nSPS) is 19.1. The summed E-state index contributed by atoms with van der Waals surface area (Å²) in [6.45, 7) is 0.468. The second-order valence-electron chi connectivity index (χ2n) is 7.55. The van der Waals surface area contributed by atoms with Crippen LogP contribution in [0.1, 0.15) is 23.5 Å². The van der Waals surface area contributed by atoms with E-state index in [0.29, 0.717) is 17.5 Å². The number of benzene rings is 2. The molecule has 188 valence electrons. The number of nitrogens with zero attached hydrogens (tertiary/aromatic N) is 1. The van der Waals surface area contributed by atoms with Crippen LogP contribution in [0.2, 0.25) is 0 Å². The van der Waals surface area contributed by atoms with E-state index >= 15 is 0 Å². The van der Waals surface area contributed by atoms with Gasteiger partial charge in [0.1, 0.15) is 11.9 Å². The van der Waals surface area contributed by atoms with Gasteiger partial charge < -0.3 is 15.6 Å². The van der Waals surface area contributed by atoms with Crippen LogP contribution in [-0.2, 0) is 21.4 Å². The van der Waals surface area contributed by atoms with E-state index in [0.717, 1.165) is 6.26 Å². The molecule has 0 saturated carbocycles. The number of carbonyl (C=O) groups is 1. The molecule has 1 saturated heterocycles. The number of halogens is 5. The third-order valence-corrected chi connectivity index (χ3v) is 6.20. The van der Waals surface area contributed by atoms with Crippen LogP contribution < -0.4 is 10.5 Å². The molecular formula is C21H23F5N2O5S. The molecule has 2 aromatic carbocycles. The zero-order valence-corrected chi connectivity index (χ0v) is 18.7. The van der Waals surface area contributed by atoms with Gasteiger partial charge >= 0.3 is 12.1 Å². The summed E-state index contributed by atoms with van der Waals surface area (Å²) in [5.41, 5.74) is 6.72. The minimum absolute atomic E-state index is 0.0191. The summed E-state index contributed by atoms with van der Waals surface area (Å²) < 4.78 is 91.3. The molecule has 0 bridgehead atoms. The van der Waals surface area contributed by atoms with E-state index in [2.05, 4.69) is 0 Å². The molecule has 0 spiro atoms. The fraction of sp³-hybridized carbons (Fsp3) is 0.381. The van der Waals surface area contributed by atoms with Gasteiger partial charge in [0.15, 0.2) is 11.6 Å². The maximum Gasteiger partial charge on any atom is 0.490 e. The first-order valence-electron chi connectivity index (χ1n) is 9.87. The van der Waals surface area contributed by atoms with E-state index in [9.17, 15) is 30.4 Å². The molecule has 0 radical (unpaired) electrons. The van der Waals surface area contributed by atoms with Gasteiger partial charge in [0.2, 0.25) is 10.0 Å². The van der Waals surface area contributed by atoms with Crippen molar-refractivity contribution in [1.82, 2.24) is 4.31 Å². The van der Waals surface area contributed by atoms with Gasteiger partial charge in [-0.15, -0.1) is 0 Å². The molecular weight excluding hydrogens is 487 g/mol. The van der Waals surface area contributed by atoms with Crippen molar-refractivity contribution in [2.45, 2.75) is 31.2 Å². The lowest BCUT2D eigenvalue weighted by atomic mass is 9.90. The van der Waals surface area contributed by atoms with Crippen LogP contribution in [-0.4, -0.2) is 55.4 Å². The van der Waals surface area contributed by atoms with E-state index in [1.54, 1.807) is 24.3 Å². The topological polar surface area (TPSA) is 110 Å². The van der Waals surface area contributed by atoms with Crippen molar-refractivity contribution in [3.8, 4) is 5.75 Å². The fourth-order valence-electron chi connectivity index (χ4n) is 3.35. The number of aliphatic carboxylic acids is 1. The van der Waals surface area contributed by atoms with Crippen LogP contribution in [0.4, 0.5) is 22.0 Å². The van der Waals surface area contributed by atoms with Crippen molar-refractivity contribution >= 4 is 16.0 Å².